The Morgan fingerprint density at radius 3 is 2.59 bits per heavy atom. The van der Waals surface area contributed by atoms with Gasteiger partial charge >= 0.3 is 5.97 Å². The number of ether oxygens (including phenoxy) is 2. The summed E-state index contributed by atoms with van der Waals surface area (Å²) in [6.45, 7) is 1.68. The van der Waals surface area contributed by atoms with Crippen molar-refractivity contribution in [3.63, 3.8) is 0 Å². The highest BCUT2D eigenvalue weighted by Crippen LogP contribution is 2.30. The van der Waals surface area contributed by atoms with Gasteiger partial charge in [-0.05, 0) is 37.3 Å². The van der Waals surface area contributed by atoms with Gasteiger partial charge in [0.2, 0.25) is 5.76 Å². The Hall–Kier alpha value is -2.82. The van der Waals surface area contributed by atoms with Crippen LogP contribution in [-0.4, -0.2) is 13.1 Å². The Morgan fingerprint density at radius 1 is 1.14 bits per heavy atom. The normalized spacial score (nSPS) is 10.7. The molecule has 0 saturated carbocycles. The minimum absolute atomic E-state index is 0.0477. The maximum atomic E-state index is 13.3. The quantitative estimate of drug-likeness (QED) is 0.539. The Morgan fingerprint density at radius 2 is 1.86 bits per heavy atom. The van der Waals surface area contributed by atoms with E-state index in [1.807, 2.05) is 0 Å². The van der Waals surface area contributed by atoms with Crippen LogP contribution >= 0.6 is 0 Å². The van der Waals surface area contributed by atoms with Gasteiger partial charge in [-0.3, -0.25) is 0 Å². The summed E-state index contributed by atoms with van der Waals surface area (Å²) in [5.74, 6) is -0.261. The van der Waals surface area contributed by atoms with Gasteiger partial charge in [0.1, 0.15) is 11.4 Å². The van der Waals surface area contributed by atoms with Crippen molar-refractivity contribution >= 4 is 16.9 Å². The van der Waals surface area contributed by atoms with Crippen LogP contribution < -0.4 is 9.47 Å². The molecule has 2 aromatic carbocycles. The Labute approximate surface area is 126 Å². The van der Waals surface area contributed by atoms with E-state index in [1.54, 1.807) is 31.2 Å². The highest BCUT2D eigenvalue weighted by molar-refractivity contribution is 5.97. The zero-order chi connectivity index (χ0) is 15.7. The van der Waals surface area contributed by atoms with Crippen molar-refractivity contribution in [1.29, 1.82) is 0 Å². The first kappa shape index (κ1) is 14.1. The molecule has 4 nitrogen and oxygen atoms in total. The Bertz CT molecular complexity index is 851. The van der Waals surface area contributed by atoms with Crippen molar-refractivity contribution in [3.05, 3.63) is 59.6 Å². The zero-order valence-corrected chi connectivity index (χ0v) is 12.1. The van der Waals surface area contributed by atoms with Crippen LogP contribution in [0, 0.1) is 12.7 Å². The lowest BCUT2D eigenvalue weighted by molar-refractivity contribution is 0.0698. The predicted octanol–water partition coefficient (Wildman–Crippen LogP) is 4.11. The molecule has 0 atom stereocenters. The van der Waals surface area contributed by atoms with E-state index in [2.05, 4.69) is 0 Å². The van der Waals surface area contributed by atoms with Gasteiger partial charge in [0.05, 0.1) is 7.11 Å². The number of hydrogen-bond acceptors (Lipinski definition) is 4. The van der Waals surface area contributed by atoms with Gasteiger partial charge in [-0.25, -0.2) is 9.18 Å². The summed E-state index contributed by atoms with van der Waals surface area (Å²) in [7, 11) is 1.49. The molecule has 112 valence electrons. The van der Waals surface area contributed by atoms with Gasteiger partial charge in [-0.1, -0.05) is 12.1 Å². The van der Waals surface area contributed by atoms with Crippen LogP contribution in [0.25, 0.3) is 11.0 Å². The van der Waals surface area contributed by atoms with Crippen molar-refractivity contribution in [1.82, 2.24) is 0 Å². The van der Waals surface area contributed by atoms with E-state index in [-0.39, 0.29) is 11.6 Å². The molecule has 0 aliphatic rings. The van der Waals surface area contributed by atoms with Gasteiger partial charge < -0.3 is 13.9 Å². The number of furan rings is 1. The summed E-state index contributed by atoms with van der Waals surface area (Å²) < 4.78 is 29.2. The number of esters is 1. The number of rotatable bonds is 3. The van der Waals surface area contributed by atoms with Crippen LogP contribution in [0.2, 0.25) is 0 Å². The van der Waals surface area contributed by atoms with Crippen molar-refractivity contribution < 1.29 is 23.1 Å². The van der Waals surface area contributed by atoms with Crippen LogP contribution in [-0.2, 0) is 0 Å². The lowest BCUT2D eigenvalue weighted by atomic mass is 10.1. The van der Waals surface area contributed by atoms with Gasteiger partial charge in [-0.15, -0.1) is 0 Å². The van der Waals surface area contributed by atoms with E-state index in [1.165, 1.54) is 25.3 Å². The van der Waals surface area contributed by atoms with Gasteiger partial charge in [0, 0.05) is 10.9 Å². The van der Waals surface area contributed by atoms with Crippen LogP contribution in [0.5, 0.6) is 11.5 Å². The summed E-state index contributed by atoms with van der Waals surface area (Å²) >= 11 is 0. The summed E-state index contributed by atoms with van der Waals surface area (Å²) in [5, 5.41) is 0.548. The summed E-state index contributed by atoms with van der Waals surface area (Å²) in [6.07, 6.45) is 0. The van der Waals surface area contributed by atoms with Crippen LogP contribution in [0.4, 0.5) is 4.39 Å². The molecule has 0 fully saturated rings. The molecular weight excluding hydrogens is 287 g/mol. The van der Waals surface area contributed by atoms with Crippen molar-refractivity contribution in [2.45, 2.75) is 6.92 Å². The first-order valence-electron chi connectivity index (χ1n) is 6.64. The minimum atomic E-state index is -0.654. The molecule has 1 heterocycles. The largest absolute Gasteiger partial charge is 0.493 e. The molecule has 0 bridgehead atoms. The van der Waals surface area contributed by atoms with Gasteiger partial charge in [0.15, 0.2) is 11.5 Å². The smallest absolute Gasteiger partial charge is 0.380 e. The third-order valence-corrected chi connectivity index (χ3v) is 3.36. The fourth-order valence-corrected chi connectivity index (χ4v) is 2.24. The molecule has 5 heteroatoms. The number of halogens is 1. The molecule has 0 aliphatic carbocycles. The SMILES string of the molecule is COc1ccccc1OC(=O)c1oc2ccc(F)cc2c1C. The molecule has 0 N–H and O–H groups in total. The van der Waals surface area contributed by atoms with E-state index in [0.717, 1.165) is 0 Å². The molecule has 3 rings (SSSR count). The maximum Gasteiger partial charge on any atom is 0.380 e. The van der Waals surface area contributed by atoms with E-state index in [0.29, 0.717) is 28.0 Å². The Balaban J connectivity index is 1.97. The third-order valence-electron chi connectivity index (χ3n) is 3.36. The van der Waals surface area contributed by atoms with Gasteiger partial charge in [0.25, 0.3) is 0 Å². The molecule has 3 aromatic rings. The molecule has 0 radical (unpaired) electrons. The number of benzene rings is 2. The average Bonchev–Trinajstić information content (AvgIpc) is 2.85. The zero-order valence-electron chi connectivity index (χ0n) is 12.1. The molecule has 0 unspecified atom stereocenters. The minimum Gasteiger partial charge on any atom is -0.493 e. The molecule has 0 aliphatic heterocycles. The lowest BCUT2D eigenvalue weighted by Crippen LogP contribution is -2.09. The average molecular weight is 300 g/mol. The van der Waals surface area contributed by atoms with Crippen molar-refractivity contribution in [3.8, 4) is 11.5 Å². The molecular formula is C17H13FO4. The number of carbonyl (C=O) groups is 1. The van der Waals surface area contributed by atoms with E-state index in [9.17, 15) is 9.18 Å². The monoisotopic (exact) mass is 300 g/mol. The van der Waals surface area contributed by atoms with Crippen LogP contribution in [0.1, 0.15) is 16.1 Å². The first-order chi connectivity index (χ1) is 10.6. The van der Waals surface area contributed by atoms with Crippen LogP contribution in [0.15, 0.2) is 46.9 Å². The molecule has 0 spiro atoms. The first-order valence-corrected chi connectivity index (χ1v) is 6.64. The standard InChI is InChI=1S/C17H13FO4/c1-10-12-9-11(18)7-8-13(12)21-16(10)17(19)22-15-6-4-3-5-14(15)20-2/h3-9H,1-2H3. The second-order valence-electron chi connectivity index (χ2n) is 4.74. The fraction of sp³-hybridized carbons (Fsp3) is 0.118. The molecule has 1 aromatic heterocycles. The molecule has 0 saturated heterocycles. The topological polar surface area (TPSA) is 48.7 Å². The number of aryl methyl sites for hydroxylation is 1. The molecule has 0 amide bonds. The van der Waals surface area contributed by atoms with E-state index >= 15 is 0 Å². The fourth-order valence-electron chi connectivity index (χ4n) is 2.24. The summed E-state index contributed by atoms with van der Waals surface area (Å²) in [6, 6.07) is 10.9. The lowest BCUT2D eigenvalue weighted by Gasteiger charge is -2.07. The van der Waals surface area contributed by atoms with E-state index in [4.69, 9.17) is 13.9 Å². The second kappa shape index (κ2) is 5.52. The Kier molecular flexibility index (Phi) is 3.55. The predicted molar refractivity (Wildman–Crippen MR) is 78.9 cm³/mol. The number of methoxy groups -OCH3 is 1. The molecule has 22 heavy (non-hydrogen) atoms. The second-order valence-corrected chi connectivity index (χ2v) is 4.74. The number of para-hydroxylation sites is 2. The summed E-state index contributed by atoms with van der Waals surface area (Å²) in [4.78, 5) is 12.3. The number of fused-ring (bicyclic) bond motifs is 1. The maximum absolute atomic E-state index is 13.3. The van der Waals surface area contributed by atoms with Crippen LogP contribution in [0.3, 0.4) is 0 Å². The highest BCUT2D eigenvalue weighted by atomic mass is 19.1. The van der Waals surface area contributed by atoms with E-state index < -0.39 is 5.97 Å². The summed E-state index contributed by atoms with van der Waals surface area (Å²) in [5.41, 5.74) is 0.972. The van der Waals surface area contributed by atoms with Crippen molar-refractivity contribution in [2.24, 2.45) is 0 Å². The van der Waals surface area contributed by atoms with Gasteiger partial charge in [-0.2, -0.15) is 0 Å². The third kappa shape index (κ3) is 2.41. The number of carbonyl (C=O) groups excluding carboxylic acids is 1. The highest BCUT2D eigenvalue weighted by Gasteiger charge is 2.21. The number of hydrogen-bond donors (Lipinski definition) is 0. The van der Waals surface area contributed by atoms with Crippen molar-refractivity contribution in [2.75, 3.05) is 7.11 Å².